The van der Waals surface area contributed by atoms with Crippen molar-refractivity contribution >= 4 is 27.5 Å². The van der Waals surface area contributed by atoms with Crippen LogP contribution in [0.25, 0.3) is 0 Å². The lowest BCUT2D eigenvalue weighted by molar-refractivity contribution is 0.604. The zero-order valence-corrected chi connectivity index (χ0v) is 13.2. The molecule has 0 aliphatic heterocycles. The van der Waals surface area contributed by atoms with Gasteiger partial charge in [0.05, 0.1) is 5.38 Å². The van der Waals surface area contributed by atoms with E-state index in [1.165, 1.54) is 17.2 Å². The first-order chi connectivity index (χ1) is 8.99. The summed E-state index contributed by atoms with van der Waals surface area (Å²) in [5.74, 6) is -0.264. The summed E-state index contributed by atoms with van der Waals surface area (Å²) >= 11 is 9.78. The molecular formula is C16H15BrClF. The third kappa shape index (κ3) is 3.37. The maximum atomic E-state index is 13.9. The van der Waals surface area contributed by atoms with Gasteiger partial charge in [0, 0.05) is 10.0 Å². The van der Waals surface area contributed by atoms with Crippen molar-refractivity contribution in [2.24, 2.45) is 0 Å². The van der Waals surface area contributed by atoms with Crippen LogP contribution in [0.3, 0.4) is 0 Å². The Kier molecular flexibility index (Phi) is 4.64. The maximum Gasteiger partial charge on any atom is 0.129 e. The van der Waals surface area contributed by atoms with Gasteiger partial charge in [0.2, 0.25) is 0 Å². The average molecular weight is 342 g/mol. The van der Waals surface area contributed by atoms with Crippen molar-refractivity contribution in [3.05, 3.63) is 68.9 Å². The summed E-state index contributed by atoms with van der Waals surface area (Å²) in [7, 11) is 0. The normalized spacial score (nSPS) is 12.5. The molecule has 0 aliphatic carbocycles. The summed E-state index contributed by atoms with van der Waals surface area (Å²) in [6, 6.07) is 11.2. The van der Waals surface area contributed by atoms with E-state index in [4.69, 9.17) is 11.6 Å². The molecule has 0 radical (unpaired) electrons. The van der Waals surface area contributed by atoms with E-state index in [0.29, 0.717) is 12.0 Å². The summed E-state index contributed by atoms with van der Waals surface area (Å²) in [5.41, 5.74) is 4.07. The van der Waals surface area contributed by atoms with E-state index in [9.17, 15) is 4.39 Å². The molecule has 0 saturated carbocycles. The Balaban J connectivity index is 2.31. The third-order valence-electron chi connectivity index (χ3n) is 3.22. The first kappa shape index (κ1) is 14.5. The van der Waals surface area contributed by atoms with Crippen molar-refractivity contribution in [3.8, 4) is 0 Å². The fourth-order valence-electron chi connectivity index (χ4n) is 2.13. The van der Waals surface area contributed by atoms with Crippen LogP contribution in [0, 0.1) is 19.7 Å². The van der Waals surface area contributed by atoms with E-state index in [1.807, 2.05) is 13.0 Å². The van der Waals surface area contributed by atoms with Gasteiger partial charge in [-0.15, -0.1) is 11.6 Å². The van der Waals surface area contributed by atoms with E-state index < -0.39 is 0 Å². The number of aryl methyl sites for hydroxylation is 2. The van der Waals surface area contributed by atoms with Crippen molar-refractivity contribution in [2.45, 2.75) is 25.6 Å². The number of benzene rings is 2. The molecule has 100 valence electrons. The molecule has 2 aromatic rings. The fraction of sp³-hybridized carbons (Fsp3) is 0.250. The first-order valence-electron chi connectivity index (χ1n) is 6.13. The Morgan fingerprint density at radius 3 is 2.63 bits per heavy atom. The van der Waals surface area contributed by atoms with E-state index in [1.54, 1.807) is 6.07 Å². The number of rotatable bonds is 3. The Hall–Kier alpha value is -0.860. The molecule has 1 unspecified atom stereocenters. The SMILES string of the molecule is Cc1ccc(C)c(CC(Cl)c2c(F)cccc2Br)c1. The van der Waals surface area contributed by atoms with Crippen LogP contribution in [0.15, 0.2) is 40.9 Å². The van der Waals surface area contributed by atoms with Crippen LogP contribution in [-0.4, -0.2) is 0 Å². The second-order valence-corrected chi connectivity index (χ2v) is 6.12. The zero-order valence-electron chi connectivity index (χ0n) is 10.9. The summed E-state index contributed by atoms with van der Waals surface area (Å²) in [6.07, 6.45) is 0.620. The number of hydrogen-bond donors (Lipinski definition) is 0. The van der Waals surface area contributed by atoms with E-state index >= 15 is 0 Å². The standard InChI is InChI=1S/C16H15BrClF/c1-10-6-7-11(2)12(8-10)9-14(18)16-13(17)4-3-5-15(16)19/h3-8,14H,9H2,1-2H3. The molecule has 0 aromatic heterocycles. The molecule has 2 rings (SSSR count). The summed E-state index contributed by atoms with van der Waals surface area (Å²) in [6.45, 7) is 4.10. The van der Waals surface area contributed by atoms with Crippen molar-refractivity contribution in [1.82, 2.24) is 0 Å². The smallest absolute Gasteiger partial charge is 0.129 e. The van der Waals surface area contributed by atoms with E-state index in [2.05, 4.69) is 41.1 Å². The number of alkyl halides is 1. The van der Waals surface area contributed by atoms with Crippen LogP contribution in [0.4, 0.5) is 4.39 Å². The summed E-state index contributed by atoms with van der Waals surface area (Å²) in [4.78, 5) is 0. The molecular weight excluding hydrogens is 327 g/mol. The average Bonchev–Trinajstić information content (AvgIpc) is 2.33. The largest absolute Gasteiger partial charge is 0.207 e. The molecule has 0 spiro atoms. The highest BCUT2D eigenvalue weighted by atomic mass is 79.9. The van der Waals surface area contributed by atoms with E-state index in [-0.39, 0.29) is 11.2 Å². The molecule has 19 heavy (non-hydrogen) atoms. The molecule has 3 heteroatoms. The predicted octanol–water partition coefficient (Wildman–Crippen LogP) is 5.73. The minimum atomic E-state index is -0.379. The van der Waals surface area contributed by atoms with Gasteiger partial charge < -0.3 is 0 Å². The van der Waals surface area contributed by atoms with Crippen molar-refractivity contribution in [1.29, 1.82) is 0 Å². The van der Waals surface area contributed by atoms with Gasteiger partial charge in [-0.2, -0.15) is 0 Å². The molecule has 0 saturated heterocycles. The minimum Gasteiger partial charge on any atom is -0.207 e. The Morgan fingerprint density at radius 2 is 1.95 bits per heavy atom. The van der Waals surface area contributed by atoms with Gasteiger partial charge in [0.1, 0.15) is 5.82 Å². The van der Waals surface area contributed by atoms with Crippen LogP contribution < -0.4 is 0 Å². The second kappa shape index (κ2) is 6.06. The van der Waals surface area contributed by atoms with Crippen molar-refractivity contribution in [3.63, 3.8) is 0 Å². The van der Waals surface area contributed by atoms with Gasteiger partial charge in [-0.3, -0.25) is 0 Å². The highest BCUT2D eigenvalue weighted by Gasteiger charge is 2.17. The quantitative estimate of drug-likeness (QED) is 0.626. The van der Waals surface area contributed by atoms with Crippen LogP contribution in [0.5, 0.6) is 0 Å². The lowest BCUT2D eigenvalue weighted by atomic mass is 9.98. The summed E-state index contributed by atoms with van der Waals surface area (Å²) in [5, 5.41) is -0.379. The Bertz CT molecular complexity index is 575. The highest BCUT2D eigenvalue weighted by molar-refractivity contribution is 9.10. The van der Waals surface area contributed by atoms with E-state index in [0.717, 1.165) is 10.0 Å². The van der Waals surface area contributed by atoms with Crippen LogP contribution in [0.1, 0.15) is 27.6 Å². The van der Waals surface area contributed by atoms with Crippen LogP contribution in [0.2, 0.25) is 0 Å². The number of hydrogen-bond acceptors (Lipinski definition) is 0. The highest BCUT2D eigenvalue weighted by Crippen LogP contribution is 2.33. The Morgan fingerprint density at radius 1 is 1.21 bits per heavy atom. The van der Waals surface area contributed by atoms with Gasteiger partial charge in [-0.25, -0.2) is 4.39 Å². The first-order valence-corrected chi connectivity index (χ1v) is 7.36. The third-order valence-corrected chi connectivity index (χ3v) is 4.28. The molecule has 0 bridgehead atoms. The minimum absolute atomic E-state index is 0.264. The molecule has 1 atom stereocenters. The molecule has 2 aromatic carbocycles. The second-order valence-electron chi connectivity index (χ2n) is 4.74. The number of halogens is 3. The predicted molar refractivity (Wildman–Crippen MR) is 82.3 cm³/mol. The molecule has 0 amide bonds. The molecule has 0 fully saturated rings. The lowest BCUT2D eigenvalue weighted by Crippen LogP contribution is -2.02. The topological polar surface area (TPSA) is 0 Å². The van der Waals surface area contributed by atoms with Crippen LogP contribution in [-0.2, 0) is 6.42 Å². The van der Waals surface area contributed by atoms with Crippen molar-refractivity contribution < 1.29 is 4.39 Å². The lowest BCUT2D eigenvalue weighted by Gasteiger charge is -2.15. The Labute approximate surface area is 126 Å². The maximum absolute atomic E-state index is 13.9. The molecule has 0 heterocycles. The van der Waals surface area contributed by atoms with Crippen molar-refractivity contribution in [2.75, 3.05) is 0 Å². The zero-order chi connectivity index (χ0) is 14.0. The van der Waals surface area contributed by atoms with Gasteiger partial charge in [0.15, 0.2) is 0 Å². The van der Waals surface area contributed by atoms with Gasteiger partial charge >= 0.3 is 0 Å². The molecule has 0 nitrogen and oxygen atoms in total. The van der Waals surface area contributed by atoms with Gasteiger partial charge in [-0.05, 0) is 43.5 Å². The molecule has 0 N–H and O–H groups in total. The van der Waals surface area contributed by atoms with Gasteiger partial charge in [0.25, 0.3) is 0 Å². The summed E-state index contributed by atoms with van der Waals surface area (Å²) < 4.78 is 14.6. The monoisotopic (exact) mass is 340 g/mol. The fourth-order valence-corrected chi connectivity index (χ4v) is 3.26. The van der Waals surface area contributed by atoms with Gasteiger partial charge in [-0.1, -0.05) is 45.8 Å². The molecule has 0 aliphatic rings. The van der Waals surface area contributed by atoms with Crippen LogP contribution >= 0.6 is 27.5 Å².